The lowest BCUT2D eigenvalue weighted by Gasteiger charge is -2.07. The molecule has 88 valence electrons. The fourth-order valence-electron chi connectivity index (χ4n) is 1.42. The standard InChI is InChI=1S/C12H18N2O2/c1-9(13)7-10-3-5-11(6-4-10)14-12(15)8-16-2/h3-6,9H,7-8,13H2,1-2H3,(H,14,15). The maximum absolute atomic E-state index is 11.2. The summed E-state index contributed by atoms with van der Waals surface area (Å²) < 4.78 is 4.72. The summed E-state index contributed by atoms with van der Waals surface area (Å²) in [6.45, 7) is 2.04. The number of rotatable bonds is 5. The summed E-state index contributed by atoms with van der Waals surface area (Å²) in [4.78, 5) is 11.2. The van der Waals surface area contributed by atoms with E-state index in [4.69, 9.17) is 10.5 Å². The van der Waals surface area contributed by atoms with Gasteiger partial charge in [-0.1, -0.05) is 12.1 Å². The Hall–Kier alpha value is -1.39. The third-order valence-electron chi connectivity index (χ3n) is 2.07. The van der Waals surface area contributed by atoms with Crippen molar-refractivity contribution in [2.24, 2.45) is 5.73 Å². The summed E-state index contributed by atoms with van der Waals surface area (Å²) in [6.07, 6.45) is 0.840. The van der Waals surface area contributed by atoms with E-state index in [1.54, 1.807) is 0 Å². The van der Waals surface area contributed by atoms with Gasteiger partial charge >= 0.3 is 0 Å². The van der Waals surface area contributed by atoms with Crippen LogP contribution in [0.3, 0.4) is 0 Å². The molecular formula is C12H18N2O2. The van der Waals surface area contributed by atoms with E-state index in [1.807, 2.05) is 31.2 Å². The molecule has 4 heteroatoms. The van der Waals surface area contributed by atoms with Gasteiger partial charge in [-0.15, -0.1) is 0 Å². The van der Waals surface area contributed by atoms with Crippen molar-refractivity contribution in [1.29, 1.82) is 0 Å². The molecule has 0 radical (unpaired) electrons. The molecule has 1 aromatic carbocycles. The van der Waals surface area contributed by atoms with Gasteiger partial charge in [-0.2, -0.15) is 0 Å². The molecule has 0 aliphatic carbocycles. The number of amides is 1. The van der Waals surface area contributed by atoms with Crippen LogP contribution >= 0.6 is 0 Å². The normalized spacial score (nSPS) is 12.2. The van der Waals surface area contributed by atoms with Crippen molar-refractivity contribution in [3.8, 4) is 0 Å². The van der Waals surface area contributed by atoms with E-state index in [-0.39, 0.29) is 18.6 Å². The molecule has 0 bridgehead atoms. The van der Waals surface area contributed by atoms with E-state index in [0.717, 1.165) is 12.1 Å². The summed E-state index contributed by atoms with van der Waals surface area (Å²) in [7, 11) is 1.49. The van der Waals surface area contributed by atoms with E-state index >= 15 is 0 Å². The minimum Gasteiger partial charge on any atom is -0.375 e. The van der Waals surface area contributed by atoms with Crippen LogP contribution < -0.4 is 11.1 Å². The first kappa shape index (κ1) is 12.7. The van der Waals surface area contributed by atoms with Crippen molar-refractivity contribution in [3.05, 3.63) is 29.8 Å². The lowest BCUT2D eigenvalue weighted by atomic mass is 10.1. The smallest absolute Gasteiger partial charge is 0.250 e. The molecular weight excluding hydrogens is 204 g/mol. The van der Waals surface area contributed by atoms with Crippen molar-refractivity contribution in [2.45, 2.75) is 19.4 Å². The molecule has 1 amide bonds. The number of methoxy groups -OCH3 is 1. The van der Waals surface area contributed by atoms with E-state index in [9.17, 15) is 4.79 Å². The first-order chi connectivity index (χ1) is 7.61. The monoisotopic (exact) mass is 222 g/mol. The van der Waals surface area contributed by atoms with Crippen LogP contribution in [0, 0.1) is 0 Å². The molecule has 1 unspecified atom stereocenters. The first-order valence-corrected chi connectivity index (χ1v) is 5.25. The topological polar surface area (TPSA) is 64.3 Å². The number of nitrogens with two attached hydrogens (primary N) is 1. The fourth-order valence-corrected chi connectivity index (χ4v) is 1.42. The van der Waals surface area contributed by atoms with Crippen molar-refractivity contribution >= 4 is 11.6 Å². The van der Waals surface area contributed by atoms with Crippen LogP contribution in [0.1, 0.15) is 12.5 Å². The number of hydrogen-bond acceptors (Lipinski definition) is 3. The van der Waals surface area contributed by atoms with Crippen LogP contribution in [0.4, 0.5) is 5.69 Å². The summed E-state index contributed by atoms with van der Waals surface area (Å²) >= 11 is 0. The summed E-state index contributed by atoms with van der Waals surface area (Å²) in [5, 5.41) is 2.73. The van der Waals surface area contributed by atoms with Crippen LogP contribution in [0.5, 0.6) is 0 Å². The predicted octanol–water partition coefficient (Wildman–Crippen LogP) is 1.16. The Labute approximate surface area is 95.8 Å². The molecule has 0 spiro atoms. The van der Waals surface area contributed by atoms with Crippen molar-refractivity contribution in [2.75, 3.05) is 19.0 Å². The highest BCUT2D eigenvalue weighted by Crippen LogP contribution is 2.10. The predicted molar refractivity (Wildman–Crippen MR) is 64.3 cm³/mol. The Bertz CT molecular complexity index is 333. The Morgan fingerprint density at radius 1 is 1.44 bits per heavy atom. The molecule has 0 aromatic heterocycles. The number of carbonyl (C=O) groups is 1. The fraction of sp³-hybridized carbons (Fsp3) is 0.417. The molecule has 0 aliphatic heterocycles. The number of benzene rings is 1. The van der Waals surface area contributed by atoms with Gasteiger partial charge in [0.15, 0.2) is 0 Å². The first-order valence-electron chi connectivity index (χ1n) is 5.25. The summed E-state index contributed by atoms with van der Waals surface area (Å²) in [5.41, 5.74) is 7.64. The molecule has 1 rings (SSSR count). The van der Waals surface area contributed by atoms with Crippen LogP contribution in [0.15, 0.2) is 24.3 Å². The second-order valence-corrected chi connectivity index (χ2v) is 3.86. The highest BCUT2D eigenvalue weighted by molar-refractivity contribution is 5.91. The SMILES string of the molecule is COCC(=O)Nc1ccc(CC(C)N)cc1. The Morgan fingerprint density at radius 2 is 2.06 bits per heavy atom. The zero-order chi connectivity index (χ0) is 12.0. The van der Waals surface area contributed by atoms with Crippen molar-refractivity contribution in [1.82, 2.24) is 0 Å². The quantitative estimate of drug-likeness (QED) is 0.785. The van der Waals surface area contributed by atoms with Gasteiger partial charge in [-0.05, 0) is 31.0 Å². The third kappa shape index (κ3) is 4.42. The maximum Gasteiger partial charge on any atom is 0.250 e. The number of hydrogen-bond donors (Lipinski definition) is 2. The minimum absolute atomic E-state index is 0.0710. The van der Waals surface area contributed by atoms with Gasteiger partial charge in [-0.25, -0.2) is 0 Å². The number of anilines is 1. The minimum atomic E-state index is -0.151. The largest absolute Gasteiger partial charge is 0.375 e. The van der Waals surface area contributed by atoms with Gasteiger partial charge in [0, 0.05) is 18.8 Å². The van der Waals surface area contributed by atoms with E-state index in [0.29, 0.717) is 0 Å². The van der Waals surface area contributed by atoms with Crippen molar-refractivity contribution < 1.29 is 9.53 Å². The number of carbonyl (C=O) groups excluding carboxylic acids is 1. The molecule has 16 heavy (non-hydrogen) atoms. The van der Waals surface area contributed by atoms with Crippen LogP contribution in [0.25, 0.3) is 0 Å². The molecule has 1 aromatic rings. The van der Waals surface area contributed by atoms with Crippen LogP contribution in [0.2, 0.25) is 0 Å². The maximum atomic E-state index is 11.2. The average Bonchev–Trinajstić information content (AvgIpc) is 2.20. The Kier molecular flexibility index (Phi) is 4.95. The second kappa shape index (κ2) is 6.25. The highest BCUT2D eigenvalue weighted by Gasteiger charge is 2.02. The Morgan fingerprint density at radius 3 is 2.56 bits per heavy atom. The summed E-state index contributed by atoms with van der Waals surface area (Å²) in [6, 6.07) is 7.81. The van der Waals surface area contributed by atoms with Gasteiger partial charge < -0.3 is 15.8 Å². The Balaban J connectivity index is 2.54. The van der Waals surface area contributed by atoms with Gasteiger partial charge in [0.2, 0.25) is 5.91 Å². The molecule has 0 saturated heterocycles. The highest BCUT2D eigenvalue weighted by atomic mass is 16.5. The molecule has 0 saturated carbocycles. The third-order valence-corrected chi connectivity index (χ3v) is 2.07. The van der Waals surface area contributed by atoms with Crippen LogP contribution in [-0.2, 0) is 16.0 Å². The van der Waals surface area contributed by atoms with Gasteiger partial charge in [0.1, 0.15) is 6.61 Å². The molecule has 0 heterocycles. The van der Waals surface area contributed by atoms with Gasteiger partial charge in [-0.3, -0.25) is 4.79 Å². The molecule has 3 N–H and O–H groups in total. The van der Waals surface area contributed by atoms with Gasteiger partial charge in [0.05, 0.1) is 0 Å². The molecule has 4 nitrogen and oxygen atoms in total. The zero-order valence-corrected chi connectivity index (χ0v) is 9.69. The molecule has 0 fully saturated rings. The number of ether oxygens (including phenoxy) is 1. The van der Waals surface area contributed by atoms with Crippen molar-refractivity contribution in [3.63, 3.8) is 0 Å². The lowest BCUT2D eigenvalue weighted by Crippen LogP contribution is -2.18. The zero-order valence-electron chi connectivity index (χ0n) is 9.69. The average molecular weight is 222 g/mol. The molecule has 0 aliphatic rings. The number of nitrogens with one attached hydrogen (secondary N) is 1. The lowest BCUT2D eigenvalue weighted by molar-refractivity contribution is -0.119. The van der Waals surface area contributed by atoms with Gasteiger partial charge in [0.25, 0.3) is 0 Å². The van der Waals surface area contributed by atoms with E-state index in [2.05, 4.69) is 5.32 Å². The van der Waals surface area contributed by atoms with E-state index in [1.165, 1.54) is 12.7 Å². The van der Waals surface area contributed by atoms with E-state index < -0.39 is 0 Å². The summed E-state index contributed by atoms with van der Waals surface area (Å²) in [5.74, 6) is -0.151. The second-order valence-electron chi connectivity index (χ2n) is 3.86. The molecule has 1 atom stereocenters. The van der Waals surface area contributed by atoms with Crippen LogP contribution in [-0.4, -0.2) is 25.7 Å².